The van der Waals surface area contributed by atoms with Gasteiger partial charge in [0.25, 0.3) is 0 Å². The molecule has 0 unspecified atom stereocenters. The van der Waals surface area contributed by atoms with Crippen molar-refractivity contribution in [2.24, 2.45) is 0 Å². The van der Waals surface area contributed by atoms with Gasteiger partial charge in [0, 0.05) is 0 Å². The number of rotatable bonds is 12. The molecule has 0 amide bonds. The molecule has 0 radical (unpaired) electrons. The lowest BCUT2D eigenvalue weighted by Crippen LogP contribution is -2.43. The lowest BCUT2D eigenvalue weighted by molar-refractivity contribution is -0.0647. The number of benzene rings is 4. The van der Waals surface area contributed by atoms with Crippen LogP contribution < -0.4 is 10.1 Å². The van der Waals surface area contributed by atoms with E-state index < -0.39 is 5.60 Å². The molecule has 0 heterocycles. The maximum Gasteiger partial charge on any atom is 0.145 e. The maximum absolute atomic E-state index is 7.10. The fourth-order valence-electron chi connectivity index (χ4n) is 4.55. The molecule has 0 spiro atoms. The van der Waals surface area contributed by atoms with Crippen molar-refractivity contribution in [2.45, 2.75) is 38.0 Å². The zero-order chi connectivity index (χ0) is 24.3. The minimum absolute atomic E-state index is 0.105. The number of ether oxygens (including phenoxy) is 2. The highest BCUT2D eigenvalue weighted by Crippen LogP contribution is 2.41. The molecule has 0 aliphatic carbocycles. The molecule has 180 valence electrons. The van der Waals surface area contributed by atoms with Crippen molar-refractivity contribution in [1.82, 2.24) is 5.32 Å². The summed E-state index contributed by atoms with van der Waals surface area (Å²) in [5, 5.41) is 3.68. The summed E-state index contributed by atoms with van der Waals surface area (Å²) in [5.74, 6) is 0.894. The monoisotopic (exact) mass is 465 g/mol. The van der Waals surface area contributed by atoms with Gasteiger partial charge in [0.05, 0.1) is 7.11 Å². The van der Waals surface area contributed by atoms with E-state index in [-0.39, 0.29) is 6.23 Å². The summed E-state index contributed by atoms with van der Waals surface area (Å²) in [6, 6.07) is 40.0. The number of hydrogen-bond acceptors (Lipinski definition) is 3. The average molecular weight is 466 g/mol. The molecule has 3 nitrogen and oxygen atoms in total. The first kappa shape index (κ1) is 24.7. The van der Waals surface area contributed by atoms with Crippen LogP contribution in [0.1, 0.15) is 42.0 Å². The second-order valence-corrected chi connectivity index (χ2v) is 8.70. The van der Waals surface area contributed by atoms with E-state index in [1.54, 1.807) is 7.11 Å². The summed E-state index contributed by atoms with van der Waals surface area (Å²) >= 11 is 0. The summed E-state index contributed by atoms with van der Waals surface area (Å²) in [4.78, 5) is 0. The van der Waals surface area contributed by atoms with Crippen LogP contribution in [0.4, 0.5) is 0 Å². The first-order chi connectivity index (χ1) is 17.3. The van der Waals surface area contributed by atoms with Gasteiger partial charge in [0.15, 0.2) is 0 Å². The molecule has 4 aromatic rings. The lowest BCUT2D eigenvalue weighted by atomic mass is 9.80. The Morgan fingerprint density at radius 3 is 1.60 bits per heavy atom. The van der Waals surface area contributed by atoms with Crippen molar-refractivity contribution >= 4 is 0 Å². The Morgan fingerprint density at radius 1 is 0.686 bits per heavy atom. The second kappa shape index (κ2) is 12.3. The molecule has 4 aromatic carbocycles. The van der Waals surface area contributed by atoms with E-state index in [0.717, 1.165) is 48.2 Å². The number of hydrogen-bond donors (Lipinski definition) is 1. The Labute approximate surface area is 209 Å². The molecule has 0 saturated carbocycles. The van der Waals surface area contributed by atoms with Crippen LogP contribution in [-0.2, 0) is 16.8 Å². The van der Waals surface area contributed by atoms with Gasteiger partial charge in [-0.3, -0.25) is 5.32 Å². The second-order valence-electron chi connectivity index (χ2n) is 8.70. The highest BCUT2D eigenvalue weighted by molar-refractivity contribution is 5.47. The van der Waals surface area contributed by atoms with Crippen LogP contribution >= 0.6 is 0 Å². The van der Waals surface area contributed by atoms with Crippen molar-refractivity contribution in [3.63, 3.8) is 0 Å². The normalized spacial score (nSPS) is 12.3. The van der Waals surface area contributed by atoms with Gasteiger partial charge in [-0.15, -0.1) is 0 Å². The summed E-state index contributed by atoms with van der Waals surface area (Å²) < 4.78 is 12.4. The SMILES string of the molecule is CC[C@@H](NCCCc1ccc(OC)cc1)OC(c1ccccc1)(c1ccccc1)c1ccccc1. The molecule has 0 saturated heterocycles. The van der Waals surface area contributed by atoms with Crippen molar-refractivity contribution in [1.29, 1.82) is 0 Å². The van der Waals surface area contributed by atoms with E-state index in [9.17, 15) is 0 Å². The van der Waals surface area contributed by atoms with Crippen molar-refractivity contribution in [3.8, 4) is 5.75 Å². The number of methoxy groups -OCH3 is 1. The standard InChI is InChI=1S/C32H35NO2/c1-3-31(33-25-13-14-26-21-23-30(34-2)24-22-26)35-32(27-15-7-4-8-16-27,28-17-9-5-10-18-28)29-19-11-6-12-20-29/h4-12,15-24,31,33H,3,13-14,25H2,1-2H3/t31-/m0/s1. The Morgan fingerprint density at radius 2 is 1.17 bits per heavy atom. The molecule has 0 aliphatic heterocycles. The predicted molar refractivity (Wildman–Crippen MR) is 144 cm³/mol. The average Bonchev–Trinajstić information content (AvgIpc) is 2.94. The minimum atomic E-state index is -0.715. The third-order valence-electron chi connectivity index (χ3n) is 6.40. The minimum Gasteiger partial charge on any atom is -0.497 e. The van der Waals surface area contributed by atoms with Crippen molar-refractivity contribution in [3.05, 3.63) is 138 Å². The molecule has 0 bridgehead atoms. The van der Waals surface area contributed by atoms with Crippen molar-refractivity contribution < 1.29 is 9.47 Å². The topological polar surface area (TPSA) is 30.5 Å². The molecule has 4 rings (SSSR count). The summed E-state index contributed by atoms with van der Waals surface area (Å²) in [7, 11) is 1.70. The zero-order valence-electron chi connectivity index (χ0n) is 20.7. The zero-order valence-corrected chi connectivity index (χ0v) is 20.7. The maximum atomic E-state index is 7.10. The van der Waals surface area contributed by atoms with Crippen LogP contribution in [0, 0.1) is 0 Å². The van der Waals surface area contributed by atoms with Gasteiger partial charge in [0.1, 0.15) is 17.6 Å². The third kappa shape index (κ3) is 6.00. The predicted octanol–water partition coefficient (Wildman–Crippen LogP) is 6.96. The Kier molecular flexibility index (Phi) is 8.72. The summed E-state index contributed by atoms with van der Waals surface area (Å²) in [6.07, 6.45) is 2.79. The molecule has 1 N–H and O–H groups in total. The van der Waals surface area contributed by atoms with Gasteiger partial charge in [-0.2, -0.15) is 0 Å². The highest BCUT2D eigenvalue weighted by Gasteiger charge is 2.39. The van der Waals surface area contributed by atoms with Gasteiger partial charge >= 0.3 is 0 Å². The quantitative estimate of drug-likeness (QED) is 0.139. The van der Waals surface area contributed by atoms with Crippen LogP contribution in [-0.4, -0.2) is 19.9 Å². The molecule has 0 aliphatic rings. The van der Waals surface area contributed by atoms with Crippen molar-refractivity contribution in [2.75, 3.05) is 13.7 Å². The van der Waals surface area contributed by atoms with Crippen LogP contribution in [0.2, 0.25) is 0 Å². The number of aryl methyl sites for hydroxylation is 1. The Hall–Kier alpha value is -3.40. The van der Waals surface area contributed by atoms with E-state index in [1.807, 2.05) is 12.1 Å². The van der Waals surface area contributed by atoms with Gasteiger partial charge in [0.2, 0.25) is 0 Å². The third-order valence-corrected chi connectivity index (χ3v) is 6.40. The first-order valence-corrected chi connectivity index (χ1v) is 12.5. The fraction of sp³-hybridized carbons (Fsp3) is 0.250. The van der Waals surface area contributed by atoms with Gasteiger partial charge < -0.3 is 9.47 Å². The molecular weight excluding hydrogens is 430 g/mol. The first-order valence-electron chi connectivity index (χ1n) is 12.5. The molecule has 0 fully saturated rings. The molecule has 35 heavy (non-hydrogen) atoms. The lowest BCUT2D eigenvalue weighted by Gasteiger charge is -2.39. The Bertz CT molecular complexity index is 1030. The highest BCUT2D eigenvalue weighted by atomic mass is 16.5. The number of nitrogens with one attached hydrogen (secondary N) is 1. The molecular formula is C32H35NO2. The molecule has 3 heteroatoms. The van der Waals surface area contributed by atoms with Crippen LogP contribution in [0.25, 0.3) is 0 Å². The van der Waals surface area contributed by atoms with Crippen LogP contribution in [0.3, 0.4) is 0 Å². The van der Waals surface area contributed by atoms with Gasteiger partial charge in [-0.25, -0.2) is 0 Å². The van der Waals surface area contributed by atoms with E-state index in [1.165, 1.54) is 5.56 Å². The molecule has 0 aromatic heterocycles. The molecule has 1 atom stereocenters. The van der Waals surface area contributed by atoms with E-state index in [0.29, 0.717) is 0 Å². The smallest absolute Gasteiger partial charge is 0.145 e. The van der Waals surface area contributed by atoms with Crippen LogP contribution in [0.5, 0.6) is 5.75 Å². The van der Waals surface area contributed by atoms with E-state index in [4.69, 9.17) is 9.47 Å². The van der Waals surface area contributed by atoms with Crippen LogP contribution in [0.15, 0.2) is 115 Å². The largest absolute Gasteiger partial charge is 0.497 e. The van der Waals surface area contributed by atoms with Gasteiger partial charge in [-0.05, 0) is 60.2 Å². The van der Waals surface area contributed by atoms with Gasteiger partial charge in [-0.1, -0.05) is 110 Å². The summed E-state index contributed by atoms with van der Waals surface area (Å²) in [5.41, 5.74) is 3.96. The van der Waals surface area contributed by atoms with E-state index in [2.05, 4.69) is 115 Å². The Balaban J connectivity index is 1.57. The van der Waals surface area contributed by atoms with E-state index >= 15 is 0 Å². The summed E-state index contributed by atoms with van der Waals surface area (Å²) in [6.45, 7) is 3.05. The fourth-order valence-corrected chi connectivity index (χ4v) is 4.55.